The molecule has 20 heavy (non-hydrogen) atoms. The maximum absolute atomic E-state index is 12.9. The van der Waals surface area contributed by atoms with Gasteiger partial charge in [-0.25, -0.2) is 13.1 Å². The molecule has 7 nitrogen and oxygen atoms in total. The van der Waals surface area contributed by atoms with Crippen LogP contribution in [0.1, 0.15) is 25.7 Å². The highest BCUT2D eigenvalue weighted by molar-refractivity contribution is 9.10. The normalized spacial score (nSPS) is 28.3. The van der Waals surface area contributed by atoms with Gasteiger partial charge in [-0.05, 0) is 48.2 Å². The minimum Gasteiger partial charge on any atom is -0.312 e. The van der Waals surface area contributed by atoms with Gasteiger partial charge in [-0.2, -0.15) is 4.31 Å². The molecule has 2 atom stereocenters. The maximum atomic E-state index is 12.9. The summed E-state index contributed by atoms with van der Waals surface area (Å²) in [5.41, 5.74) is 0. The molecule has 2 aliphatic heterocycles. The molecule has 0 radical (unpaired) electrons. The summed E-state index contributed by atoms with van der Waals surface area (Å²) in [5.74, 6) is 0. The number of nitrogens with zero attached hydrogens (tertiary/aromatic N) is 4. The lowest BCUT2D eigenvalue weighted by atomic mass is 10.1. The van der Waals surface area contributed by atoms with Crippen LogP contribution in [0.5, 0.6) is 0 Å². The largest absolute Gasteiger partial charge is 0.312 e. The van der Waals surface area contributed by atoms with Gasteiger partial charge in [0.1, 0.15) is 0 Å². The Kier molecular flexibility index (Phi) is 3.87. The van der Waals surface area contributed by atoms with E-state index in [0.717, 1.165) is 32.2 Å². The fourth-order valence-corrected chi connectivity index (χ4v) is 5.98. The van der Waals surface area contributed by atoms with E-state index in [1.807, 2.05) is 0 Å². The van der Waals surface area contributed by atoms with Crippen molar-refractivity contribution in [1.29, 1.82) is 0 Å². The van der Waals surface area contributed by atoms with Crippen LogP contribution in [-0.4, -0.2) is 52.9 Å². The van der Waals surface area contributed by atoms with Crippen LogP contribution in [0.2, 0.25) is 0 Å². The quantitative estimate of drug-likeness (QED) is 0.844. The van der Waals surface area contributed by atoms with E-state index in [-0.39, 0.29) is 21.7 Å². The molecule has 3 heterocycles. The van der Waals surface area contributed by atoms with Crippen LogP contribution in [0, 0.1) is 0 Å². The number of hydrogen-bond acceptors (Lipinski definition) is 5. The Morgan fingerprint density at radius 2 is 2.15 bits per heavy atom. The molecule has 0 aliphatic carbocycles. The molecule has 1 aromatic heterocycles. The zero-order valence-corrected chi connectivity index (χ0v) is 13.7. The van der Waals surface area contributed by atoms with Crippen LogP contribution in [0.3, 0.4) is 0 Å². The van der Waals surface area contributed by atoms with Gasteiger partial charge in [0.15, 0.2) is 4.60 Å². The Morgan fingerprint density at radius 1 is 1.35 bits per heavy atom. The first-order valence-electron chi connectivity index (χ1n) is 6.82. The van der Waals surface area contributed by atoms with E-state index in [9.17, 15) is 8.42 Å². The lowest BCUT2D eigenvalue weighted by Gasteiger charge is -2.28. The third-order valence-corrected chi connectivity index (χ3v) is 6.92. The average molecular weight is 364 g/mol. The molecular weight excluding hydrogens is 346 g/mol. The Hall–Kier alpha value is -0.510. The van der Waals surface area contributed by atoms with Gasteiger partial charge < -0.3 is 5.32 Å². The van der Waals surface area contributed by atoms with Crippen molar-refractivity contribution < 1.29 is 8.42 Å². The van der Waals surface area contributed by atoms with Crippen molar-refractivity contribution in [2.24, 2.45) is 7.05 Å². The fourth-order valence-electron chi connectivity index (χ4n) is 3.21. The third-order valence-electron chi connectivity index (χ3n) is 4.10. The standard InChI is InChI=1S/C11H18BrN5O2S/c1-16-11(10(12)14-15-16)20(18,19)17-7-3-5-9(17)8-4-2-6-13-8/h8-9,13H,2-7H2,1H3. The first-order chi connectivity index (χ1) is 9.51. The number of halogens is 1. The molecule has 112 valence electrons. The Bertz CT molecular complexity index is 576. The van der Waals surface area contributed by atoms with Gasteiger partial charge in [0, 0.05) is 25.7 Å². The van der Waals surface area contributed by atoms with Crippen LogP contribution in [0.4, 0.5) is 0 Å². The van der Waals surface area contributed by atoms with Crippen molar-refractivity contribution in [2.45, 2.75) is 42.8 Å². The SMILES string of the molecule is Cn1nnc(Br)c1S(=O)(=O)N1CCCC1C1CCCN1. The lowest BCUT2D eigenvalue weighted by molar-refractivity contribution is 0.319. The summed E-state index contributed by atoms with van der Waals surface area (Å²) in [5, 5.41) is 11.1. The van der Waals surface area contributed by atoms with E-state index >= 15 is 0 Å². The molecule has 2 saturated heterocycles. The Labute approximate surface area is 126 Å². The molecule has 3 rings (SSSR count). The molecule has 2 fully saturated rings. The van der Waals surface area contributed by atoms with Gasteiger partial charge in [-0.1, -0.05) is 5.21 Å². The maximum Gasteiger partial charge on any atom is 0.263 e. The average Bonchev–Trinajstić information content (AvgIpc) is 3.08. The van der Waals surface area contributed by atoms with Crippen molar-refractivity contribution in [1.82, 2.24) is 24.6 Å². The molecule has 2 unspecified atom stereocenters. The highest BCUT2D eigenvalue weighted by Gasteiger charge is 2.42. The summed E-state index contributed by atoms with van der Waals surface area (Å²) in [4.78, 5) is 0. The molecule has 2 aliphatic rings. The topological polar surface area (TPSA) is 80.1 Å². The van der Waals surface area contributed by atoms with Crippen molar-refractivity contribution in [2.75, 3.05) is 13.1 Å². The van der Waals surface area contributed by atoms with Crippen LogP contribution in [0.25, 0.3) is 0 Å². The van der Waals surface area contributed by atoms with E-state index < -0.39 is 10.0 Å². The molecule has 9 heteroatoms. The number of nitrogens with one attached hydrogen (secondary N) is 1. The smallest absolute Gasteiger partial charge is 0.263 e. The van der Waals surface area contributed by atoms with Crippen LogP contribution in [-0.2, 0) is 17.1 Å². The minimum atomic E-state index is -3.56. The highest BCUT2D eigenvalue weighted by Crippen LogP contribution is 2.32. The van der Waals surface area contributed by atoms with Gasteiger partial charge in [0.2, 0.25) is 5.03 Å². The summed E-state index contributed by atoms with van der Waals surface area (Å²) < 4.78 is 29.0. The zero-order valence-electron chi connectivity index (χ0n) is 11.3. The lowest BCUT2D eigenvalue weighted by Crippen LogP contribution is -2.46. The molecule has 0 saturated carbocycles. The molecular formula is C11H18BrN5O2S. The summed E-state index contributed by atoms with van der Waals surface area (Å²) in [6.45, 7) is 1.55. The zero-order chi connectivity index (χ0) is 14.3. The summed E-state index contributed by atoms with van der Waals surface area (Å²) in [6, 6.07) is 0.316. The van der Waals surface area contributed by atoms with Gasteiger partial charge >= 0.3 is 0 Å². The predicted molar refractivity (Wildman–Crippen MR) is 76.6 cm³/mol. The Balaban J connectivity index is 1.94. The first kappa shape index (κ1) is 14.4. The van der Waals surface area contributed by atoms with Crippen molar-refractivity contribution in [3.63, 3.8) is 0 Å². The van der Waals surface area contributed by atoms with Gasteiger partial charge in [-0.3, -0.25) is 0 Å². The monoisotopic (exact) mass is 363 g/mol. The van der Waals surface area contributed by atoms with E-state index in [2.05, 4.69) is 31.6 Å². The van der Waals surface area contributed by atoms with E-state index in [0.29, 0.717) is 6.54 Å². The second-order valence-corrected chi connectivity index (χ2v) is 7.89. The summed E-state index contributed by atoms with van der Waals surface area (Å²) >= 11 is 3.19. The summed E-state index contributed by atoms with van der Waals surface area (Å²) in [6.07, 6.45) is 3.98. The number of aromatic nitrogens is 3. The first-order valence-corrected chi connectivity index (χ1v) is 9.05. The molecule has 1 N–H and O–H groups in total. The number of sulfonamides is 1. The van der Waals surface area contributed by atoms with Crippen LogP contribution < -0.4 is 5.32 Å². The second-order valence-electron chi connectivity index (χ2n) is 5.34. The molecule has 0 spiro atoms. The highest BCUT2D eigenvalue weighted by atomic mass is 79.9. The van der Waals surface area contributed by atoms with E-state index in [4.69, 9.17) is 0 Å². The summed E-state index contributed by atoms with van der Waals surface area (Å²) in [7, 11) is -1.96. The van der Waals surface area contributed by atoms with E-state index in [1.165, 1.54) is 4.68 Å². The van der Waals surface area contributed by atoms with Crippen molar-refractivity contribution >= 4 is 26.0 Å². The van der Waals surface area contributed by atoms with E-state index in [1.54, 1.807) is 11.4 Å². The Morgan fingerprint density at radius 3 is 2.75 bits per heavy atom. The van der Waals surface area contributed by atoms with Gasteiger partial charge in [0.05, 0.1) is 0 Å². The molecule has 0 amide bonds. The molecule has 1 aromatic rings. The fraction of sp³-hybridized carbons (Fsp3) is 0.818. The predicted octanol–water partition coefficient (Wildman–Crippen LogP) is 0.483. The van der Waals surface area contributed by atoms with Crippen molar-refractivity contribution in [3.05, 3.63) is 4.60 Å². The second kappa shape index (κ2) is 5.36. The van der Waals surface area contributed by atoms with Gasteiger partial charge in [0.25, 0.3) is 10.0 Å². The number of aryl methyl sites for hydroxylation is 1. The third kappa shape index (κ3) is 2.30. The number of rotatable bonds is 3. The van der Waals surface area contributed by atoms with Gasteiger partial charge in [-0.15, -0.1) is 5.10 Å². The van der Waals surface area contributed by atoms with Crippen LogP contribution in [0.15, 0.2) is 9.63 Å². The van der Waals surface area contributed by atoms with Crippen molar-refractivity contribution in [3.8, 4) is 0 Å². The minimum absolute atomic E-state index is 0.0456. The molecule has 0 bridgehead atoms. The molecule has 0 aromatic carbocycles. The number of hydrogen-bond donors (Lipinski definition) is 1. The van der Waals surface area contributed by atoms with Crippen LogP contribution >= 0.6 is 15.9 Å².